The van der Waals surface area contributed by atoms with E-state index in [1.807, 2.05) is 31.2 Å². The van der Waals surface area contributed by atoms with Crippen LogP contribution in [-0.2, 0) is 4.79 Å². The molecule has 0 aliphatic rings. The molecule has 76 valence electrons. The number of carboxylic acid groups (broad SMARTS) is 1. The third kappa shape index (κ3) is 3.05. The molecular formula is C10H13NO2S. The van der Waals surface area contributed by atoms with E-state index in [2.05, 4.69) is 0 Å². The average molecular weight is 211 g/mol. The Labute approximate surface area is 87.3 Å². The molecule has 1 unspecified atom stereocenters. The third-order valence-electron chi connectivity index (χ3n) is 1.83. The van der Waals surface area contributed by atoms with Crippen LogP contribution in [0.4, 0.5) is 0 Å². The van der Waals surface area contributed by atoms with E-state index in [1.54, 1.807) is 0 Å². The molecule has 0 saturated heterocycles. The van der Waals surface area contributed by atoms with Gasteiger partial charge in [-0.05, 0) is 18.6 Å². The van der Waals surface area contributed by atoms with Gasteiger partial charge in [0.25, 0.3) is 0 Å². The molecule has 3 nitrogen and oxygen atoms in total. The van der Waals surface area contributed by atoms with Crippen LogP contribution in [0.2, 0.25) is 0 Å². The van der Waals surface area contributed by atoms with E-state index in [1.165, 1.54) is 11.8 Å². The summed E-state index contributed by atoms with van der Waals surface area (Å²) in [4.78, 5) is 11.6. The zero-order valence-corrected chi connectivity index (χ0v) is 8.75. The zero-order valence-electron chi connectivity index (χ0n) is 7.93. The van der Waals surface area contributed by atoms with Crippen LogP contribution < -0.4 is 5.73 Å². The van der Waals surface area contributed by atoms with E-state index in [4.69, 9.17) is 10.8 Å². The highest BCUT2D eigenvalue weighted by Gasteiger charge is 2.11. The quantitative estimate of drug-likeness (QED) is 0.741. The van der Waals surface area contributed by atoms with Crippen molar-refractivity contribution >= 4 is 17.7 Å². The molecule has 1 aromatic rings. The van der Waals surface area contributed by atoms with Gasteiger partial charge in [0.05, 0.1) is 0 Å². The number of carbonyl (C=O) groups is 1. The third-order valence-corrected chi connectivity index (χ3v) is 3.12. The molecular weight excluding hydrogens is 198 g/mol. The van der Waals surface area contributed by atoms with Gasteiger partial charge in [0.15, 0.2) is 0 Å². The molecule has 0 aliphatic heterocycles. The van der Waals surface area contributed by atoms with Crippen molar-refractivity contribution in [3.8, 4) is 0 Å². The summed E-state index contributed by atoms with van der Waals surface area (Å²) in [5.41, 5.74) is 6.54. The topological polar surface area (TPSA) is 63.3 Å². The normalized spacial score (nSPS) is 12.4. The summed E-state index contributed by atoms with van der Waals surface area (Å²) in [6.07, 6.45) is 0. The first-order valence-electron chi connectivity index (χ1n) is 4.28. The lowest BCUT2D eigenvalue weighted by Crippen LogP contribution is -2.32. The van der Waals surface area contributed by atoms with E-state index in [0.29, 0.717) is 5.75 Å². The molecule has 3 N–H and O–H groups in total. The van der Waals surface area contributed by atoms with E-state index in [-0.39, 0.29) is 0 Å². The fourth-order valence-electron chi connectivity index (χ4n) is 0.969. The van der Waals surface area contributed by atoms with Gasteiger partial charge < -0.3 is 10.8 Å². The Morgan fingerprint density at radius 2 is 2.21 bits per heavy atom. The number of nitrogens with two attached hydrogens (primary N) is 1. The van der Waals surface area contributed by atoms with Crippen LogP contribution in [0, 0.1) is 6.92 Å². The molecule has 0 aromatic heterocycles. The van der Waals surface area contributed by atoms with Gasteiger partial charge in [-0.25, -0.2) is 0 Å². The van der Waals surface area contributed by atoms with Crippen molar-refractivity contribution in [3.05, 3.63) is 29.8 Å². The lowest BCUT2D eigenvalue weighted by atomic mass is 10.2. The monoisotopic (exact) mass is 211 g/mol. The van der Waals surface area contributed by atoms with E-state index >= 15 is 0 Å². The maximum Gasteiger partial charge on any atom is 0.321 e. The molecule has 14 heavy (non-hydrogen) atoms. The van der Waals surface area contributed by atoms with Gasteiger partial charge in [0.2, 0.25) is 0 Å². The minimum absolute atomic E-state index is 0.403. The number of rotatable bonds is 4. The summed E-state index contributed by atoms with van der Waals surface area (Å²) < 4.78 is 0. The smallest absolute Gasteiger partial charge is 0.321 e. The second-order valence-corrected chi connectivity index (χ2v) is 4.08. The molecule has 0 saturated carbocycles. The summed E-state index contributed by atoms with van der Waals surface area (Å²) in [6.45, 7) is 1.99. The number of thioether (sulfide) groups is 1. The molecule has 0 heterocycles. The number of aryl methyl sites for hydroxylation is 1. The Morgan fingerprint density at radius 3 is 2.79 bits per heavy atom. The van der Waals surface area contributed by atoms with Gasteiger partial charge in [-0.1, -0.05) is 18.2 Å². The van der Waals surface area contributed by atoms with Crippen molar-refractivity contribution in [1.29, 1.82) is 0 Å². The highest BCUT2D eigenvalue weighted by molar-refractivity contribution is 7.99. The van der Waals surface area contributed by atoms with Gasteiger partial charge in [-0.2, -0.15) is 0 Å². The number of hydrogen-bond acceptors (Lipinski definition) is 3. The van der Waals surface area contributed by atoms with Crippen LogP contribution in [0.3, 0.4) is 0 Å². The van der Waals surface area contributed by atoms with Crippen molar-refractivity contribution in [2.75, 3.05) is 5.75 Å². The Balaban J connectivity index is 2.54. The van der Waals surface area contributed by atoms with Gasteiger partial charge in [-0.15, -0.1) is 11.8 Å². The highest BCUT2D eigenvalue weighted by Crippen LogP contribution is 2.21. The van der Waals surface area contributed by atoms with Gasteiger partial charge in [0, 0.05) is 10.6 Å². The predicted molar refractivity (Wildman–Crippen MR) is 57.5 cm³/mol. The number of hydrogen-bond donors (Lipinski definition) is 2. The van der Waals surface area contributed by atoms with Crippen molar-refractivity contribution < 1.29 is 9.90 Å². The van der Waals surface area contributed by atoms with Gasteiger partial charge >= 0.3 is 5.97 Å². The molecule has 0 spiro atoms. The summed E-state index contributed by atoms with van der Waals surface area (Å²) in [6, 6.07) is 7.06. The molecule has 0 bridgehead atoms. The van der Waals surface area contributed by atoms with Gasteiger partial charge in [-0.3, -0.25) is 4.79 Å². The number of carboxylic acids is 1. The maximum atomic E-state index is 10.5. The molecule has 0 radical (unpaired) electrons. The lowest BCUT2D eigenvalue weighted by molar-refractivity contribution is -0.137. The summed E-state index contributed by atoms with van der Waals surface area (Å²) in [7, 11) is 0. The van der Waals surface area contributed by atoms with Crippen molar-refractivity contribution in [3.63, 3.8) is 0 Å². The minimum Gasteiger partial charge on any atom is -0.480 e. The molecule has 1 aromatic carbocycles. The van der Waals surface area contributed by atoms with Crippen LogP contribution in [0.5, 0.6) is 0 Å². The fraction of sp³-hybridized carbons (Fsp3) is 0.300. The van der Waals surface area contributed by atoms with Crippen LogP contribution in [0.25, 0.3) is 0 Å². The largest absolute Gasteiger partial charge is 0.480 e. The molecule has 0 fully saturated rings. The first-order valence-corrected chi connectivity index (χ1v) is 5.26. The maximum absolute atomic E-state index is 10.5. The Morgan fingerprint density at radius 1 is 1.57 bits per heavy atom. The highest BCUT2D eigenvalue weighted by atomic mass is 32.2. The zero-order chi connectivity index (χ0) is 10.6. The lowest BCUT2D eigenvalue weighted by Gasteiger charge is -2.07. The summed E-state index contributed by atoms with van der Waals surface area (Å²) >= 11 is 1.48. The van der Waals surface area contributed by atoms with Gasteiger partial charge in [0.1, 0.15) is 6.04 Å². The molecule has 4 heteroatoms. The minimum atomic E-state index is -0.953. The van der Waals surface area contributed by atoms with Crippen LogP contribution in [-0.4, -0.2) is 22.9 Å². The van der Waals surface area contributed by atoms with E-state index < -0.39 is 12.0 Å². The second-order valence-electron chi connectivity index (χ2n) is 3.02. The molecule has 0 amide bonds. The van der Waals surface area contributed by atoms with Crippen LogP contribution in [0.1, 0.15) is 5.56 Å². The summed E-state index contributed by atoms with van der Waals surface area (Å²) in [5, 5.41) is 8.59. The summed E-state index contributed by atoms with van der Waals surface area (Å²) in [5.74, 6) is -0.550. The SMILES string of the molecule is Cc1ccccc1SCC(N)C(=O)O. The second kappa shape index (κ2) is 5.02. The van der Waals surface area contributed by atoms with E-state index in [0.717, 1.165) is 10.5 Å². The number of benzene rings is 1. The Bertz CT molecular complexity index is 328. The molecule has 1 rings (SSSR count). The standard InChI is InChI=1S/C10H13NO2S/c1-7-4-2-3-5-9(7)14-6-8(11)10(12)13/h2-5,8H,6,11H2,1H3,(H,12,13). The fourth-order valence-corrected chi connectivity index (χ4v) is 1.94. The van der Waals surface area contributed by atoms with Crippen molar-refractivity contribution in [2.45, 2.75) is 17.9 Å². The average Bonchev–Trinajstić information content (AvgIpc) is 2.16. The molecule has 1 atom stereocenters. The predicted octanol–water partition coefficient (Wildman–Crippen LogP) is 1.50. The first-order chi connectivity index (χ1) is 6.61. The van der Waals surface area contributed by atoms with Crippen molar-refractivity contribution in [2.24, 2.45) is 5.73 Å². The van der Waals surface area contributed by atoms with E-state index in [9.17, 15) is 4.79 Å². The number of aliphatic carboxylic acids is 1. The Hall–Kier alpha value is -1.00. The van der Waals surface area contributed by atoms with Crippen LogP contribution >= 0.6 is 11.8 Å². The Kier molecular flexibility index (Phi) is 3.98. The van der Waals surface area contributed by atoms with Crippen molar-refractivity contribution in [1.82, 2.24) is 0 Å². The molecule has 0 aliphatic carbocycles. The first kappa shape index (κ1) is 11.1. The van der Waals surface area contributed by atoms with Crippen LogP contribution in [0.15, 0.2) is 29.2 Å².